The first-order valence-electron chi connectivity index (χ1n) is 7.37. The van der Waals surface area contributed by atoms with Crippen molar-refractivity contribution in [2.75, 3.05) is 19.6 Å². The van der Waals surface area contributed by atoms with Crippen LogP contribution in [0.1, 0.15) is 45.4 Å². The molecule has 1 aliphatic heterocycles. The lowest BCUT2D eigenvalue weighted by atomic mass is 9.83. The number of carbonyl (C=O) groups is 1. The fourth-order valence-corrected chi connectivity index (χ4v) is 2.86. The number of hydrogen-bond donors (Lipinski definition) is 2. The van der Waals surface area contributed by atoms with Crippen LogP contribution >= 0.6 is 0 Å². The molecule has 1 heterocycles. The van der Waals surface area contributed by atoms with E-state index in [0.717, 1.165) is 44.8 Å². The van der Waals surface area contributed by atoms with Crippen molar-refractivity contribution >= 4 is 6.03 Å². The highest BCUT2D eigenvalue weighted by molar-refractivity contribution is 5.74. The van der Waals surface area contributed by atoms with Crippen molar-refractivity contribution in [1.29, 1.82) is 0 Å². The summed E-state index contributed by atoms with van der Waals surface area (Å²) in [6, 6.07) is 0.0818. The van der Waals surface area contributed by atoms with Crippen LogP contribution in [0.15, 0.2) is 0 Å². The Morgan fingerprint density at radius 3 is 2.50 bits per heavy atom. The third-order valence-corrected chi connectivity index (χ3v) is 4.56. The molecule has 4 nitrogen and oxygen atoms in total. The molecular weight excluding hydrogens is 228 g/mol. The van der Waals surface area contributed by atoms with Crippen molar-refractivity contribution < 1.29 is 9.90 Å². The number of hydrogen-bond acceptors (Lipinski definition) is 2. The number of urea groups is 1. The van der Waals surface area contributed by atoms with Gasteiger partial charge in [0, 0.05) is 19.6 Å². The molecule has 1 atom stereocenters. The summed E-state index contributed by atoms with van der Waals surface area (Å²) in [7, 11) is 0. The van der Waals surface area contributed by atoms with Crippen LogP contribution in [0.2, 0.25) is 0 Å². The predicted molar refractivity (Wildman–Crippen MR) is 71.3 cm³/mol. The summed E-state index contributed by atoms with van der Waals surface area (Å²) >= 11 is 0. The van der Waals surface area contributed by atoms with Gasteiger partial charge in [0.1, 0.15) is 0 Å². The fourth-order valence-electron chi connectivity index (χ4n) is 2.86. The van der Waals surface area contributed by atoms with E-state index in [-0.39, 0.29) is 12.1 Å². The molecular formula is C14H26N2O2. The van der Waals surface area contributed by atoms with Crippen LogP contribution in [-0.4, -0.2) is 41.8 Å². The van der Waals surface area contributed by atoms with Crippen LogP contribution in [0.5, 0.6) is 0 Å². The van der Waals surface area contributed by atoms with E-state index in [1.807, 2.05) is 11.8 Å². The molecule has 18 heavy (non-hydrogen) atoms. The highest BCUT2D eigenvalue weighted by Gasteiger charge is 2.25. The summed E-state index contributed by atoms with van der Waals surface area (Å²) < 4.78 is 0. The largest absolute Gasteiger partial charge is 0.393 e. The maximum Gasteiger partial charge on any atom is 0.317 e. The standard InChI is InChI=1S/C14H26N2O2/c1-11(17)13-6-9-16(10-7-13)14(18)15-8-5-12-3-2-4-12/h11-13,17H,2-10H2,1H3,(H,15,18). The van der Waals surface area contributed by atoms with Crippen LogP contribution in [0.25, 0.3) is 0 Å². The maximum atomic E-state index is 11.9. The van der Waals surface area contributed by atoms with Crippen molar-refractivity contribution in [2.45, 2.75) is 51.6 Å². The van der Waals surface area contributed by atoms with Gasteiger partial charge in [-0.15, -0.1) is 0 Å². The van der Waals surface area contributed by atoms with Crippen molar-refractivity contribution in [3.63, 3.8) is 0 Å². The van der Waals surface area contributed by atoms with Crippen LogP contribution in [0, 0.1) is 11.8 Å². The van der Waals surface area contributed by atoms with Gasteiger partial charge in [0.15, 0.2) is 0 Å². The van der Waals surface area contributed by atoms with Gasteiger partial charge in [-0.3, -0.25) is 0 Å². The lowest BCUT2D eigenvalue weighted by Gasteiger charge is -2.33. The highest BCUT2D eigenvalue weighted by Crippen LogP contribution is 2.28. The summed E-state index contributed by atoms with van der Waals surface area (Å²) in [4.78, 5) is 13.8. The maximum absolute atomic E-state index is 11.9. The molecule has 1 unspecified atom stereocenters. The Labute approximate surface area is 110 Å². The van der Waals surface area contributed by atoms with Crippen LogP contribution in [-0.2, 0) is 0 Å². The quantitative estimate of drug-likeness (QED) is 0.806. The average Bonchev–Trinajstić information content (AvgIpc) is 2.32. The molecule has 0 bridgehead atoms. The zero-order valence-corrected chi connectivity index (χ0v) is 11.4. The topological polar surface area (TPSA) is 52.6 Å². The van der Waals surface area contributed by atoms with Crippen LogP contribution in [0.4, 0.5) is 4.79 Å². The summed E-state index contributed by atoms with van der Waals surface area (Å²) in [6.07, 6.45) is 6.79. The Bertz CT molecular complexity index is 269. The molecule has 2 aliphatic rings. The molecule has 1 aliphatic carbocycles. The number of aliphatic hydroxyl groups is 1. The van der Waals surface area contributed by atoms with E-state index in [1.54, 1.807) is 0 Å². The summed E-state index contributed by atoms with van der Waals surface area (Å²) in [5.41, 5.74) is 0. The van der Waals surface area contributed by atoms with E-state index in [0.29, 0.717) is 5.92 Å². The monoisotopic (exact) mass is 254 g/mol. The first-order valence-corrected chi connectivity index (χ1v) is 7.37. The Balaban J connectivity index is 1.61. The molecule has 1 saturated carbocycles. The first-order chi connectivity index (χ1) is 8.66. The third-order valence-electron chi connectivity index (χ3n) is 4.56. The van der Waals surface area contributed by atoms with E-state index in [9.17, 15) is 9.90 Å². The minimum absolute atomic E-state index is 0.0818. The van der Waals surface area contributed by atoms with Crippen molar-refractivity contribution in [3.05, 3.63) is 0 Å². The molecule has 0 aromatic rings. The van der Waals surface area contributed by atoms with Crippen molar-refractivity contribution in [2.24, 2.45) is 11.8 Å². The van der Waals surface area contributed by atoms with Gasteiger partial charge in [-0.05, 0) is 38.0 Å². The van der Waals surface area contributed by atoms with Gasteiger partial charge >= 0.3 is 6.03 Å². The Morgan fingerprint density at radius 1 is 1.33 bits per heavy atom. The van der Waals surface area contributed by atoms with Crippen LogP contribution in [0.3, 0.4) is 0 Å². The van der Waals surface area contributed by atoms with E-state index in [4.69, 9.17) is 0 Å². The van der Waals surface area contributed by atoms with Gasteiger partial charge < -0.3 is 15.3 Å². The molecule has 4 heteroatoms. The molecule has 2 N–H and O–H groups in total. The second kappa shape index (κ2) is 6.41. The lowest BCUT2D eigenvalue weighted by molar-refractivity contribution is 0.0797. The van der Waals surface area contributed by atoms with E-state index in [1.165, 1.54) is 19.3 Å². The number of rotatable bonds is 4. The Hall–Kier alpha value is -0.770. The first kappa shape index (κ1) is 13.7. The fraction of sp³-hybridized carbons (Fsp3) is 0.929. The SMILES string of the molecule is CC(O)C1CCN(C(=O)NCCC2CCC2)CC1. The molecule has 0 aromatic carbocycles. The van der Waals surface area contributed by atoms with Crippen molar-refractivity contribution in [1.82, 2.24) is 10.2 Å². The number of amides is 2. The number of aliphatic hydroxyl groups excluding tert-OH is 1. The highest BCUT2D eigenvalue weighted by atomic mass is 16.3. The minimum atomic E-state index is -0.242. The smallest absolute Gasteiger partial charge is 0.317 e. The van der Waals surface area contributed by atoms with E-state index < -0.39 is 0 Å². The van der Waals surface area contributed by atoms with Gasteiger partial charge in [-0.1, -0.05) is 19.3 Å². The van der Waals surface area contributed by atoms with Crippen LogP contribution < -0.4 is 5.32 Å². The summed E-state index contributed by atoms with van der Waals surface area (Å²) in [5.74, 6) is 1.22. The normalized spacial score (nSPS) is 23.6. The molecule has 0 aromatic heterocycles. The molecule has 0 spiro atoms. The number of piperidine rings is 1. The Morgan fingerprint density at radius 2 is 2.00 bits per heavy atom. The zero-order valence-electron chi connectivity index (χ0n) is 11.4. The van der Waals surface area contributed by atoms with E-state index >= 15 is 0 Å². The summed E-state index contributed by atoms with van der Waals surface area (Å²) in [5, 5.41) is 12.5. The van der Waals surface area contributed by atoms with Gasteiger partial charge in [0.2, 0.25) is 0 Å². The lowest BCUT2D eigenvalue weighted by Crippen LogP contribution is -2.46. The van der Waals surface area contributed by atoms with E-state index in [2.05, 4.69) is 5.32 Å². The molecule has 2 fully saturated rings. The molecule has 104 valence electrons. The minimum Gasteiger partial charge on any atom is -0.393 e. The number of carbonyl (C=O) groups excluding carboxylic acids is 1. The predicted octanol–water partition coefficient (Wildman–Crippen LogP) is 1.98. The van der Waals surface area contributed by atoms with Gasteiger partial charge in [-0.25, -0.2) is 4.79 Å². The molecule has 0 radical (unpaired) electrons. The number of nitrogens with one attached hydrogen (secondary N) is 1. The summed E-state index contributed by atoms with van der Waals surface area (Å²) in [6.45, 7) is 4.23. The zero-order chi connectivity index (χ0) is 13.0. The average molecular weight is 254 g/mol. The number of nitrogens with zero attached hydrogens (tertiary/aromatic N) is 1. The Kier molecular flexibility index (Phi) is 4.87. The van der Waals surface area contributed by atoms with Crippen molar-refractivity contribution in [3.8, 4) is 0 Å². The molecule has 2 rings (SSSR count). The second-order valence-corrected chi connectivity index (χ2v) is 5.88. The number of likely N-dealkylation sites (tertiary alicyclic amines) is 1. The van der Waals surface area contributed by atoms with Gasteiger partial charge in [0.05, 0.1) is 6.10 Å². The molecule has 1 saturated heterocycles. The van der Waals surface area contributed by atoms with Gasteiger partial charge in [-0.2, -0.15) is 0 Å². The van der Waals surface area contributed by atoms with Gasteiger partial charge in [0.25, 0.3) is 0 Å². The third kappa shape index (κ3) is 3.61. The second-order valence-electron chi connectivity index (χ2n) is 5.88. The molecule has 2 amide bonds.